The van der Waals surface area contributed by atoms with E-state index >= 15 is 0 Å². The summed E-state index contributed by atoms with van der Waals surface area (Å²) in [5, 5.41) is 9.88. The summed E-state index contributed by atoms with van der Waals surface area (Å²) < 4.78 is 23.9. The summed E-state index contributed by atoms with van der Waals surface area (Å²) in [6.07, 6.45) is 0. The molecule has 0 saturated heterocycles. The van der Waals surface area contributed by atoms with Crippen molar-refractivity contribution in [2.75, 3.05) is 14.2 Å². The maximum atomic E-state index is 14.1. The fourth-order valence-electron chi connectivity index (χ4n) is 1.74. The predicted molar refractivity (Wildman–Crippen MR) is 66.6 cm³/mol. The Balaban J connectivity index is 2.55. The molecule has 0 unspecified atom stereocenters. The van der Waals surface area contributed by atoms with Gasteiger partial charge >= 0.3 is 0 Å². The van der Waals surface area contributed by atoms with Crippen molar-refractivity contribution >= 4 is 0 Å². The molecule has 1 N–H and O–H groups in total. The number of hydrogen-bond acceptors (Lipinski definition) is 3. The monoisotopic (exact) mass is 248 g/mol. The summed E-state index contributed by atoms with van der Waals surface area (Å²) in [5.41, 5.74) is 0.682. The summed E-state index contributed by atoms with van der Waals surface area (Å²) in [6.45, 7) is 0. The lowest BCUT2D eigenvalue weighted by Crippen LogP contribution is -1.92. The quantitative estimate of drug-likeness (QED) is 0.906. The molecule has 3 nitrogen and oxygen atoms in total. The maximum absolute atomic E-state index is 14.1. The Labute approximate surface area is 104 Å². The number of ether oxygens (including phenoxy) is 2. The first-order valence-electron chi connectivity index (χ1n) is 5.37. The molecule has 0 amide bonds. The van der Waals surface area contributed by atoms with Gasteiger partial charge in [0.05, 0.1) is 14.2 Å². The van der Waals surface area contributed by atoms with E-state index in [4.69, 9.17) is 9.47 Å². The molecular weight excluding hydrogens is 235 g/mol. The average Bonchev–Trinajstić information content (AvgIpc) is 2.39. The number of hydrogen-bond donors (Lipinski definition) is 1. The zero-order valence-corrected chi connectivity index (χ0v) is 10.1. The fraction of sp³-hybridized carbons (Fsp3) is 0.143. The summed E-state index contributed by atoms with van der Waals surface area (Å²) >= 11 is 0. The lowest BCUT2D eigenvalue weighted by Gasteiger charge is -2.10. The number of methoxy groups -OCH3 is 2. The van der Waals surface area contributed by atoms with Gasteiger partial charge in [0.15, 0.2) is 11.6 Å². The molecule has 94 valence electrons. The molecule has 2 aromatic carbocycles. The van der Waals surface area contributed by atoms with Gasteiger partial charge in [-0.1, -0.05) is 12.1 Å². The Morgan fingerprint density at radius 2 is 1.78 bits per heavy atom. The minimum Gasteiger partial charge on any atom is -0.507 e. The Bertz CT molecular complexity index is 567. The van der Waals surface area contributed by atoms with Crippen LogP contribution in [0.3, 0.4) is 0 Å². The van der Waals surface area contributed by atoms with Crippen molar-refractivity contribution in [3.8, 4) is 28.4 Å². The number of benzene rings is 2. The van der Waals surface area contributed by atoms with Gasteiger partial charge < -0.3 is 14.6 Å². The van der Waals surface area contributed by atoms with Crippen molar-refractivity contribution in [1.29, 1.82) is 0 Å². The van der Waals surface area contributed by atoms with Gasteiger partial charge in [-0.25, -0.2) is 4.39 Å². The number of phenols is 1. The van der Waals surface area contributed by atoms with Crippen LogP contribution in [-0.4, -0.2) is 19.3 Å². The summed E-state index contributed by atoms with van der Waals surface area (Å²) in [7, 11) is 2.90. The fourth-order valence-corrected chi connectivity index (χ4v) is 1.74. The van der Waals surface area contributed by atoms with Crippen LogP contribution < -0.4 is 9.47 Å². The van der Waals surface area contributed by atoms with E-state index in [0.717, 1.165) is 0 Å². The minimum atomic E-state index is -0.500. The Morgan fingerprint density at radius 1 is 1.00 bits per heavy atom. The third-order valence-electron chi connectivity index (χ3n) is 2.68. The number of aromatic hydroxyl groups is 1. The smallest absolute Gasteiger partial charge is 0.172 e. The van der Waals surface area contributed by atoms with Crippen LogP contribution >= 0.6 is 0 Å². The van der Waals surface area contributed by atoms with E-state index in [0.29, 0.717) is 11.3 Å². The zero-order valence-electron chi connectivity index (χ0n) is 10.1. The summed E-state index contributed by atoms with van der Waals surface area (Å²) in [5.74, 6) is 0.115. The molecule has 0 aliphatic heterocycles. The van der Waals surface area contributed by atoms with Crippen LogP contribution in [0.2, 0.25) is 0 Å². The van der Waals surface area contributed by atoms with Gasteiger partial charge in [-0.2, -0.15) is 0 Å². The molecule has 18 heavy (non-hydrogen) atoms. The standard InChI is InChI=1S/C14H13FO3/c1-17-9-6-7-10(12(16)8-9)11-4-3-5-13(18-2)14(11)15/h3-8,16H,1-2H3. The molecule has 0 aliphatic rings. The van der Waals surface area contributed by atoms with E-state index in [2.05, 4.69) is 0 Å². The van der Waals surface area contributed by atoms with Crippen LogP contribution in [0, 0.1) is 5.82 Å². The Morgan fingerprint density at radius 3 is 2.39 bits per heavy atom. The number of phenolic OH excluding ortho intramolecular Hbond substituents is 1. The SMILES string of the molecule is COc1ccc(-c2cccc(OC)c2F)c(O)c1. The highest BCUT2D eigenvalue weighted by Crippen LogP contribution is 2.36. The molecule has 0 radical (unpaired) electrons. The molecule has 0 atom stereocenters. The van der Waals surface area contributed by atoms with Gasteiger partial charge in [-0.05, 0) is 18.2 Å². The predicted octanol–water partition coefficient (Wildman–Crippen LogP) is 3.22. The third-order valence-corrected chi connectivity index (χ3v) is 2.68. The highest BCUT2D eigenvalue weighted by molar-refractivity contribution is 5.72. The highest BCUT2D eigenvalue weighted by Gasteiger charge is 2.13. The van der Waals surface area contributed by atoms with Gasteiger partial charge in [0, 0.05) is 17.2 Å². The second kappa shape index (κ2) is 4.96. The lowest BCUT2D eigenvalue weighted by atomic mass is 10.0. The Kier molecular flexibility index (Phi) is 3.37. The van der Waals surface area contributed by atoms with Gasteiger partial charge in [-0.3, -0.25) is 0 Å². The molecule has 2 aromatic rings. The maximum Gasteiger partial charge on any atom is 0.172 e. The first-order chi connectivity index (χ1) is 8.67. The van der Waals surface area contributed by atoms with E-state index in [-0.39, 0.29) is 17.1 Å². The van der Waals surface area contributed by atoms with Gasteiger partial charge in [-0.15, -0.1) is 0 Å². The molecule has 0 bridgehead atoms. The Hall–Kier alpha value is -2.23. The van der Waals surface area contributed by atoms with Crippen molar-refractivity contribution < 1.29 is 19.0 Å². The van der Waals surface area contributed by atoms with Gasteiger partial charge in [0.2, 0.25) is 0 Å². The first-order valence-corrected chi connectivity index (χ1v) is 5.37. The third kappa shape index (κ3) is 2.09. The van der Waals surface area contributed by atoms with E-state index in [9.17, 15) is 9.50 Å². The zero-order chi connectivity index (χ0) is 13.1. The molecule has 0 aromatic heterocycles. The van der Waals surface area contributed by atoms with Crippen molar-refractivity contribution in [3.05, 3.63) is 42.2 Å². The van der Waals surface area contributed by atoms with Crippen molar-refractivity contribution in [1.82, 2.24) is 0 Å². The second-order valence-corrected chi connectivity index (χ2v) is 3.70. The van der Waals surface area contributed by atoms with Crippen LogP contribution in [0.4, 0.5) is 4.39 Å². The van der Waals surface area contributed by atoms with Crippen LogP contribution in [-0.2, 0) is 0 Å². The van der Waals surface area contributed by atoms with E-state index in [1.54, 1.807) is 24.3 Å². The van der Waals surface area contributed by atoms with Crippen molar-refractivity contribution in [2.24, 2.45) is 0 Å². The molecule has 0 fully saturated rings. The van der Waals surface area contributed by atoms with Crippen molar-refractivity contribution in [2.45, 2.75) is 0 Å². The van der Waals surface area contributed by atoms with E-state index < -0.39 is 5.82 Å². The van der Waals surface area contributed by atoms with Gasteiger partial charge in [0.1, 0.15) is 11.5 Å². The summed E-state index contributed by atoms with van der Waals surface area (Å²) in [4.78, 5) is 0. The molecule has 0 heterocycles. The van der Waals surface area contributed by atoms with E-state index in [1.807, 2.05) is 0 Å². The normalized spacial score (nSPS) is 10.2. The van der Waals surface area contributed by atoms with Crippen molar-refractivity contribution in [3.63, 3.8) is 0 Å². The highest BCUT2D eigenvalue weighted by atomic mass is 19.1. The average molecular weight is 248 g/mol. The molecular formula is C14H13FO3. The van der Waals surface area contributed by atoms with Crippen LogP contribution in [0.15, 0.2) is 36.4 Å². The minimum absolute atomic E-state index is 0.0403. The number of halogens is 1. The lowest BCUT2D eigenvalue weighted by molar-refractivity contribution is 0.387. The van der Waals surface area contributed by atoms with Crippen LogP contribution in [0.25, 0.3) is 11.1 Å². The van der Waals surface area contributed by atoms with Crippen LogP contribution in [0.1, 0.15) is 0 Å². The van der Waals surface area contributed by atoms with Crippen LogP contribution in [0.5, 0.6) is 17.2 Å². The summed E-state index contributed by atoms with van der Waals surface area (Å²) in [6, 6.07) is 9.48. The molecule has 0 saturated carbocycles. The molecule has 2 rings (SSSR count). The first kappa shape index (κ1) is 12.2. The molecule has 4 heteroatoms. The second-order valence-electron chi connectivity index (χ2n) is 3.70. The molecule has 0 aliphatic carbocycles. The van der Waals surface area contributed by atoms with E-state index in [1.165, 1.54) is 26.4 Å². The number of rotatable bonds is 3. The largest absolute Gasteiger partial charge is 0.507 e. The van der Waals surface area contributed by atoms with Gasteiger partial charge in [0.25, 0.3) is 0 Å². The topological polar surface area (TPSA) is 38.7 Å². The molecule has 0 spiro atoms.